The molecule has 0 bridgehead atoms. The molecule has 0 aliphatic heterocycles. The third-order valence-corrected chi connectivity index (χ3v) is 3.29. The Kier molecular flexibility index (Phi) is 6.97. The van der Waals surface area contributed by atoms with Crippen molar-refractivity contribution in [3.8, 4) is 0 Å². The zero-order valence-electron chi connectivity index (χ0n) is 13.5. The normalized spacial score (nSPS) is 15.6. The molecular weight excluding hydrogens is 459 g/mol. The quantitative estimate of drug-likeness (QED) is 0.260. The summed E-state index contributed by atoms with van der Waals surface area (Å²) >= 11 is 5.33. The van der Waals surface area contributed by atoms with Crippen molar-refractivity contribution in [3.63, 3.8) is 0 Å². The minimum Gasteiger partial charge on any atom is -0.464 e. The van der Waals surface area contributed by atoms with Crippen LogP contribution in [-0.4, -0.2) is 53.2 Å². The highest BCUT2D eigenvalue weighted by atomic mass is 35.5. The first-order valence-electron chi connectivity index (χ1n) is 6.70. The van der Waals surface area contributed by atoms with Crippen LogP contribution in [0.15, 0.2) is 0 Å². The van der Waals surface area contributed by atoms with Gasteiger partial charge in [0.05, 0.1) is 13.0 Å². The standard InChI is InChI=1S/C12H10ClF13O2/c1-6(2,13)5(27)28-4-3-7(14,15)8(16,17)9(18,19)10(20,21)11(22,23)12(24,25)26/h3-4H2,1-2H3. The van der Waals surface area contributed by atoms with Gasteiger partial charge in [0.1, 0.15) is 4.87 Å². The Balaban J connectivity index is 5.77. The van der Waals surface area contributed by atoms with Crippen molar-refractivity contribution in [1.82, 2.24) is 0 Å². The van der Waals surface area contributed by atoms with Gasteiger partial charge in [-0.05, 0) is 13.8 Å². The first-order valence-corrected chi connectivity index (χ1v) is 7.07. The molecule has 0 aromatic carbocycles. The Morgan fingerprint density at radius 1 is 0.714 bits per heavy atom. The van der Waals surface area contributed by atoms with E-state index in [0.717, 1.165) is 13.8 Å². The summed E-state index contributed by atoms with van der Waals surface area (Å²) < 4.78 is 170. The van der Waals surface area contributed by atoms with Crippen LogP contribution in [0.1, 0.15) is 20.3 Å². The predicted molar refractivity (Wildman–Crippen MR) is 66.3 cm³/mol. The third kappa shape index (κ3) is 4.37. The molecule has 0 heterocycles. The highest BCUT2D eigenvalue weighted by Crippen LogP contribution is 2.60. The molecular formula is C12H10ClF13O2. The molecule has 28 heavy (non-hydrogen) atoms. The Bertz CT molecular complexity index is 577. The van der Waals surface area contributed by atoms with Crippen molar-refractivity contribution in [2.45, 2.75) is 60.9 Å². The number of rotatable bonds is 8. The van der Waals surface area contributed by atoms with Gasteiger partial charge < -0.3 is 4.74 Å². The van der Waals surface area contributed by atoms with Gasteiger partial charge in [0.2, 0.25) is 0 Å². The number of halogens is 14. The molecule has 0 radical (unpaired) electrons. The zero-order chi connectivity index (χ0) is 23.2. The van der Waals surface area contributed by atoms with Crippen LogP contribution >= 0.6 is 11.6 Å². The van der Waals surface area contributed by atoms with E-state index in [1.54, 1.807) is 0 Å². The average molecular weight is 469 g/mol. The van der Waals surface area contributed by atoms with Crippen LogP contribution in [0.25, 0.3) is 0 Å². The van der Waals surface area contributed by atoms with Crippen LogP contribution in [0.5, 0.6) is 0 Å². The number of hydrogen-bond donors (Lipinski definition) is 0. The van der Waals surface area contributed by atoms with Crippen LogP contribution in [0, 0.1) is 0 Å². The summed E-state index contributed by atoms with van der Waals surface area (Å²) in [6.45, 7) is 0.0318. The van der Waals surface area contributed by atoms with Gasteiger partial charge in [-0.3, -0.25) is 4.79 Å². The molecule has 0 atom stereocenters. The predicted octanol–water partition coefficient (Wildman–Crippen LogP) is 5.68. The van der Waals surface area contributed by atoms with Crippen molar-refractivity contribution in [1.29, 1.82) is 0 Å². The van der Waals surface area contributed by atoms with Gasteiger partial charge in [-0.15, -0.1) is 11.6 Å². The van der Waals surface area contributed by atoms with E-state index >= 15 is 0 Å². The monoisotopic (exact) mass is 468 g/mol. The van der Waals surface area contributed by atoms with Gasteiger partial charge >= 0.3 is 41.8 Å². The fourth-order valence-electron chi connectivity index (χ4n) is 1.40. The smallest absolute Gasteiger partial charge is 0.460 e. The molecule has 0 aliphatic carbocycles. The van der Waals surface area contributed by atoms with E-state index in [-0.39, 0.29) is 0 Å². The highest BCUT2D eigenvalue weighted by molar-refractivity contribution is 6.33. The van der Waals surface area contributed by atoms with Crippen molar-refractivity contribution in [2.24, 2.45) is 0 Å². The molecule has 0 saturated carbocycles. The van der Waals surface area contributed by atoms with E-state index in [1.165, 1.54) is 0 Å². The van der Waals surface area contributed by atoms with Crippen LogP contribution in [0.3, 0.4) is 0 Å². The Morgan fingerprint density at radius 2 is 1.07 bits per heavy atom. The summed E-state index contributed by atoms with van der Waals surface area (Å²) in [6, 6.07) is 0. The number of alkyl halides is 14. The van der Waals surface area contributed by atoms with Crippen molar-refractivity contribution in [2.75, 3.05) is 6.61 Å². The van der Waals surface area contributed by atoms with E-state index in [1.807, 2.05) is 0 Å². The van der Waals surface area contributed by atoms with E-state index in [4.69, 9.17) is 11.6 Å². The molecule has 2 nitrogen and oxygen atoms in total. The lowest BCUT2D eigenvalue weighted by atomic mass is 9.93. The SMILES string of the molecule is CC(C)(Cl)C(=O)OCCC(F)(F)C(F)(F)C(F)(F)C(F)(F)C(F)(F)C(F)(F)F. The Morgan fingerprint density at radius 3 is 1.39 bits per heavy atom. The number of esters is 1. The second kappa shape index (κ2) is 7.27. The topological polar surface area (TPSA) is 26.3 Å². The summed E-state index contributed by atoms with van der Waals surface area (Å²) in [6.07, 6.45) is -10.1. The molecule has 0 aromatic rings. The summed E-state index contributed by atoms with van der Waals surface area (Å²) in [5.74, 6) is -38.8. The first-order chi connectivity index (χ1) is 11.9. The maximum atomic E-state index is 13.3. The Hall–Kier alpha value is -1.15. The minimum atomic E-state index is -7.96. The van der Waals surface area contributed by atoms with Gasteiger partial charge in [0, 0.05) is 0 Å². The average Bonchev–Trinajstić information content (AvgIpc) is 2.43. The molecule has 0 saturated heterocycles. The maximum Gasteiger partial charge on any atom is 0.460 e. The minimum absolute atomic E-state index is 0.928. The fraction of sp³-hybridized carbons (Fsp3) is 0.917. The lowest BCUT2D eigenvalue weighted by Crippen LogP contribution is -2.70. The number of carbonyl (C=O) groups is 1. The molecule has 0 aliphatic rings. The van der Waals surface area contributed by atoms with Crippen LogP contribution in [0.4, 0.5) is 57.1 Å². The van der Waals surface area contributed by atoms with Gasteiger partial charge in [0.25, 0.3) is 0 Å². The van der Waals surface area contributed by atoms with E-state index in [0.29, 0.717) is 0 Å². The second-order valence-corrected chi connectivity index (χ2v) is 6.80. The van der Waals surface area contributed by atoms with Gasteiger partial charge in [-0.1, -0.05) is 0 Å². The second-order valence-electron chi connectivity index (χ2n) is 5.86. The molecule has 0 unspecified atom stereocenters. The lowest BCUT2D eigenvalue weighted by molar-refractivity contribution is -0.440. The van der Waals surface area contributed by atoms with Crippen molar-refractivity contribution in [3.05, 3.63) is 0 Å². The van der Waals surface area contributed by atoms with Gasteiger partial charge in [0.15, 0.2) is 0 Å². The van der Waals surface area contributed by atoms with Gasteiger partial charge in [-0.2, -0.15) is 57.1 Å². The van der Waals surface area contributed by atoms with Crippen molar-refractivity contribution < 1.29 is 66.6 Å². The number of ether oxygens (including phenoxy) is 1. The lowest BCUT2D eigenvalue weighted by Gasteiger charge is -2.39. The summed E-state index contributed by atoms with van der Waals surface area (Å²) in [7, 11) is 0. The van der Waals surface area contributed by atoms with Gasteiger partial charge in [-0.25, -0.2) is 0 Å². The summed E-state index contributed by atoms with van der Waals surface area (Å²) in [5, 5.41) is 0. The zero-order valence-corrected chi connectivity index (χ0v) is 14.3. The van der Waals surface area contributed by atoms with Crippen LogP contribution in [0.2, 0.25) is 0 Å². The number of carbonyl (C=O) groups excluding carboxylic acids is 1. The Labute approximate surface area is 152 Å². The molecule has 0 amide bonds. The largest absolute Gasteiger partial charge is 0.464 e. The van der Waals surface area contributed by atoms with E-state index in [2.05, 4.69) is 4.74 Å². The molecule has 168 valence electrons. The fourth-order valence-corrected chi connectivity index (χ4v) is 1.46. The molecule has 0 N–H and O–H groups in total. The number of hydrogen-bond acceptors (Lipinski definition) is 2. The van der Waals surface area contributed by atoms with Crippen molar-refractivity contribution >= 4 is 17.6 Å². The maximum absolute atomic E-state index is 13.3. The molecule has 16 heteroatoms. The van der Waals surface area contributed by atoms with E-state index < -0.39 is 59.7 Å². The van der Waals surface area contributed by atoms with E-state index in [9.17, 15) is 61.9 Å². The van der Waals surface area contributed by atoms with Crippen LogP contribution in [-0.2, 0) is 9.53 Å². The molecule has 0 aromatic heterocycles. The summed E-state index contributed by atoms with van der Waals surface area (Å²) in [5.41, 5.74) is 0. The summed E-state index contributed by atoms with van der Waals surface area (Å²) in [4.78, 5) is 9.22. The highest BCUT2D eigenvalue weighted by Gasteiger charge is 2.90. The first kappa shape index (κ1) is 26.9. The molecule has 0 spiro atoms. The molecule has 0 rings (SSSR count). The van der Waals surface area contributed by atoms with Crippen LogP contribution < -0.4 is 0 Å². The third-order valence-electron chi connectivity index (χ3n) is 3.13. The molecule has 0 fully saturated rings.